The number of nitrogens with one attached hydrogen (secondary N) is 1. The van der Waals surface area contributed by atoms with Gasteiger partial charge in [-0.3, -0.25) is 0 Å². The molecule has 2 nitrogen and oxygen atoms in total. The Morgan fingerprint density at radius 1 is 1.00 bits per heavy atom. The summed E-state index contributed by atoms with van der Waals surface area (Å²) in [4.78, 5) is 2.83. The lowest BCUT2D eigenvalue weighted by molar-refractivity contribution is 0.0655. The lowest BCUT2D eigenvalue weighted by Crippen LogP contribution is -2.48. The first-order valence-electron chi connectivity index (χ1n) is 8.98. The topological polar surface area (TPSA) is 15.3 Å². The minimum absolute atomic E-state index is 0.272. The molecule has 1 aliphatic carbocycles. The smallest absolute Gasteiger partial charge is 0.0123 e. The fourth-order valence-corrected chi connectivity index (χ4v) is 4.08. The van der Waals surface area contributed by atoms with Crippen LogP contribution in [0.2, 0.25) is 0 Å². The van der Waals surface area contributed by atoms with Gasteiger partial charge in [-0.25, -0.2) is 0 Å². The minimum Gasteiger partial charge on any atom is -0.312 e. The molecule has 1 saturated carbocycles. The first-order chi connectivity index (χ1) is 9.49. The van der Waals surface area contributed by atoms with Crippen molar-refractivity contribution < 1.29 is 0 Å². The van der Waals surface area contributed by atoms with Gasteiger partial charge in [0.2, 0.25) is 0 Å². The molecule has 2 aliphatic rings. The van der Waals surface area contributed by atoms with Crippen LogP contribution in [0.25, 0.3) is 0 Å². The Hall–Kier alpha value is -0.0800. The van der Waals surface area contributed by atoms with Gasteiger partial charge in [0.15, 0.2) is 0 Å². The summed E-state index contributed by atoms with van der Waals surface area (Å²) in [6.45, 7) is 13.1. The quantitative estimate of drug-likeness (QED) is 0.835. The number of hydrogen-bond acceptors (Lipinski definition) is 2. The molecule has 1 saturated heterocycles. The minimum atomic E-state index is 0.272. The van der Waals surface area contributed by atoms with Crippen molar-refractivity contribution in [2.45, 2.75) is 84.2 Å². The Labute approximate surface area is 126 Å². The summed E-state index contributed by atoms with van der Waals surface area (Å²) in [5, 5.41) is 3.69. The molecule has 2 fully saturated rings. The maximum absolute atomic E-state index is 3.69. The highest BCUT2D eigenvalue weighted by Crippen LogP contribution is 2.33. The van der Waals surface area contributed by atoms with Crippen molar-refractivity contribution in [1.29, 1.82) is 0 Å². The summed E-state index contributed by atoms with van der Waals surface area (Å²) in [6.07, 6.45) is 10.1. The van der Waals surface area contributed by atoms with E-state index >= 15 is 0 Å². The van der Waals surface area contributed by atoms with Crippen LogP contribution in [0.5, 0.6) is 0 Å². The molecule has 2 unspecified atom stereocenters. The molecular weight excluding hydrogens is 244 g/mol. The van der Waals surface area contributed by atoms with Gasteiger partial charge in [0, 0.05) is 11.6 Å². The van der Waals surface area contributed by atoms with Crippen LogP contribution in [-0.2, 0) is 0 Å². The Balaban J connectivity index is 1.75. The molecule has 2 atom stereocenters. The molecule has 0 aromatic heterocycles. The maximum atomic E-state index is 3.69. The molecule has 0 bridgehead atoms. The molecular formula is C18H36N2. The van der Waals surface area contributed by atoms with Gasteiger partial charge in [0.25, 0.3) is 0 Å². The highest BCUT2D eigenvalue weighted by Gasteiger charge is 2.31. The number of hydrogen-bond donors (Lipinski definition) is 1. The third kappa shape index (κ3) is 4.73. The molecule has 1 N–H and O–H groups in total. The van der Waals surface area contributed by atoms with Crippen LogP contribution < -0.4 is 5.32 Å². The maximum Gasteiger partial charge on any atom is 0.0123 e. The Morgan fingerprint density at radius 3 is 2.25 bits per heavy atom. The van der Waals surface area contributed by atoms with Gasteiger partial charge < -0.3 is 10.2 Å². The fourth-order valence-electron chi connectivity index (χ4n) is 4.08. The predicted octanol–water partition coefficient (Wildman–Crippen LogP) is 4.06. The number of likely N-dealkylation sites (tertiary alicyclic amines) is 1. The van der Waals surface area contributed by atoms with Crippen molar-refractivity contribution in [3.63, 3.8) is 0 Å². The van der Waals surface area contributed by atoms with E-state index in [0.29, 0.717) is 0 Å². The first kappa shape index (κ1) is 16.3. The van der Waals surface area contributed by atoms with E-state index in [9.17, 15) is 0 Å². The average molecular weight is 281 g/mol. The zero-order valence-corrected chi connectivity index (χ0v) is 14.3. The normalized spacial score (nSPS) is 30.6. The van der Waals surface area contributed by atoms with Crippen molar-refractivity contribution >= 4 is 0 Å². The lowest BCUT2D eigenvalue weighted by Gasteiger charge is -2.43. The van der Waals surface area contributed by atoms with Crippen LogP contribution in [0.4, 0.5) is 0 Å². The Bertz CT molecular complexity index is 274. The number of nitrogens with zero attached hydrogens (tertiary/aromatic N) is 1. The molecule has 0 aromatic carbocycles. The number of rotatable bonds is 4. The Kier molecular flexibility index (Phi) is 5.92. The van der Waals surface area contributed by atoms with E-state index in [1.54, 1.807) is 0 Å². The summed E-state index contributed by atoms with van der Waals surface area (Å²) in [7, 11) is 0. The summed E-state index contributed by atoms with van der Waals surface area (Å²) in [5.41, 5.74) is 0.272. The molecule has 0 radical (unpaired) electrons. The zero-order chi connectivity index (χ0) is 14.6. The molecule has 1 heterocycles. The van der Waals surface area contributed by atoms with Gasteiger partial charge in [-0.05, 0) is 77.9 Å². The van der Waals surface area contributed by atoms with Crippen LogP contribution in [0.3, 0.4) is 0 Å². The first-order valence-corrected chi connectivity index (χ1v) is 8.98. The van der Waals surface area contributed by atoms with E-state index in [2.05, 4.69) is 37.9 Å². The summed E-state index contributed by atoms with van der Waals surface area (Å²) in [6, 6.07) is 0.908. The van der Waals surface area contributed by atoms with Gasteiger partial charge in [-0.15, -0.1) is 0 Å². The van der Waals surface area contributed by atoms with Crippen LogP contribution in [0, 0.1) is 11.8 Å². The van der Waals surface area contributed by atoms with Gasteiger partial charge >= 0.3 is 0 Å². The van der Waals surface area contributed by atoms with Crippen molar-refractivity contribution in [3.05, 3.63) is 0 Å². The van der Waals surface area contributed by atoms with Crippen molar-refractivity contribution in [2.24, 2.45) is 11.8 Å². The molecule has 2 heteroatoms. The molecule has 0 spiro atoms. The van der Waals surface area contributed by atoms with Gasteiger partial charge in [0.05, 0.1) is 0 Å². The SMILES string of the molecule is CCC1CCCCC1N1CCC(CNC(C)(C)C)CC1. The van der Waals surface area contributed by atoms with Crippen LogP contribution >= 0.6 is 0 Å². The number of piperidine rings is 1. The molecule has 1 aliphatic heterocycles. The highest BCUT2D eigenvalue weighted by atomic mass is 15.2. The van der Waals surface area contributed by atoms with Crippen molar-refractivity contribution in [1.82, 2.24) is 10.2 Å². The second-order valence-corrected chi connectivity index (χ2v) is 8.13. The van der Waals surface area contributed by atoms with Crippen LogP contribution in [-0.4, -0.2) is 36.1 Å². The van der Waals surface area contributed by atoms with E-state index in [4.69, 9.17) is 0 Å². The molecule has 0 aromatic rings. The van der Waals surface area contributed by atoms with Gasteiger partial charge in [-0.2, -0.15) is 0 Å². The largest absolute Gasteiger partial charge is 0.312 e. The summed E-state index contributed by atoms with van der Waals surface area (Å²) < 4.78 is 0. The van der Waals surface area contributed by atoms with Crippen LogP contribution in [0.15, 0.2) is 0 Å². The van der Waals surface area contributed by atoms with Crippen molar-refractivity contribution in [2.75, 3.05) is 19.6 Å². The lowest BCUT2D eigenvalue weighted by atomic mass is 9.80. The summed E-state index contributed by atoms with van der Waals surface area (Å²) >= 11 is 0. The molecule has 2 rings (SSSR count). The van der Waals surface area contributed by atoms with E-state index in [1.807, 2.05) is 0 Å². The van der Waals surface area contributed by atoms with Gasteiger partial charge in [0.1, 0.15) is 0 Å². The summed E-state index contributed by atoms with van der Waals surface area (Å²) in [5.74, 6) is 1.88. The second kappa shape index (κ2) is 7.26. The Morgan fingerprint density at radius 2 is 1.65 bits per heavy atom. The van der Waals surface area contributed by atoms with E-state index in [0.717, 1.165) is 17.9 Å². The van der Waals surface area contributed by atoms with E-state index < -0.39 is 0 Å². The van der Waals surface area contributed by atoms with Gasteiger partial charge in [-0.1, -0.05) is 26.2 Å². The molecule has 20 heavy (non-hydrogen) atoms. The fraction of sp³-hybridized carbons (Fsp3) is 1.00. The highest BCUT2D eigenvalue weighted by molar-refractivity contribution is 4.86. The third-order valence-electron chi connectivity index (χ3n) is 5.43. The molecule has 118 valence electrons. The third-order valence-corrected chi connectivity index (χ3v) is 5.43. The van der Waals surface area contributed by atoms with Crippen molar-refractivity contribution in [3.8, 4) is 0 Å². The van der Waals surface area contributed by atoms with Crippen LogP contribution in [0.1, 0.15) is 72.6 Å². The van der Waals surface area contributed by atoms with E-state index in [-0.39, 0.29) is 5.54 Å². The monoisotopic (exact) mass is 280 g/mol. The average Bonchev–Trinajstić information content (AvgIpc) is 2.45. The van der Waals surface area contributed by atoms with E-state index in [1.165, 1.54) is 64.6 Å². The standard InChI is InChI=1S/C18H36N2/c1-5-16-8-6-7-9-17(16)20-12-10-15(11-13-20)14-19-18(2,3)4/h15-17,19H,5-14H2,1-4H3. The second-order valence-electron chi connectivity index (χ2n) is 8.13. The zero-order valence-electron chi connectivity index (χ0n) is 14.3. The predicted molar refractivity (Wildman–Crippen MR) is 88.1 cm³/mol. The molecule has 0 amide bonds.